The lowest BCUT2D eigenvalue weighted by Gasteiger charge is -2.48. The van der Waals surface area contributed by atoms with Gasteiger partial charge in [0.15, 0.2) is 0 Å². The Morgan fingerprint density at radius 2 is 2.43 bits per heavy atom. The van der Waals surface area contributed by atoms with Crippen LogP contribution in [0.15, 0.2) is 21.8 Å². The molecule has 1 fully saturated rings. The van der Waals surface area contributed by atoms with E-state index in [1.807, 2.05) is 0 Å². The highest BCUT2D eigenvalue weighted by molar-refractivity contribution is 8.18. The normalized spacial score (nSPS) is 23.6. The number of nitrogens with one attached hydrogen (secondary N) is 1. The van der Waals surface area contributed by atoms with E-state index < -0.39 is 12.0 Å². The summed E-state index contributed by atoms with van der Waals surface area (Å²) in [5.41, 5.74) is 6.15. The molecule has 23 heavy (non-hydrogen) atoms. The summed E-state index contributed by atoms with van der Waals surface area (Å²) >= 11 is 4.61. The zero-order valence-corrected chi connectivity index (χ0v) is 14.7. The Morgan fingerprint density at radius 3 is 3.13 bits per heavy atom. The third-order valence-electron chi connectivity index (χ3n) is 3.28. The van der Waals surface area contributed by atoms with E-state index in [1.54, 1.807) is 24.9 Å². The minimum atomic E-state index is -0.540. The number of fused-ring (bicyclic) bond motifs is 1. The summed E-state index contributed by atoms with van der Waals surface area (Å²) in [6.07, 6.45) is 1.63. The van der Waals surface area contributed by atoms with Crippen LogP contribution in [0.5, 0.6) is 0 Å². The van der Waals surface area contributed by atoms with Gasteiger partial charge < -0.3 is 10.5 Å². The van der Waals surface area contributed by atoms with E-state index in [4.69, 9.17) is 10.5 Å². The number of aromatic nitrogens is 3. The van der Waals surface area contributed by atoms with Crippen LogP contribution < -0.4 is 5.73 Å². The first kappa shape index (κ1) is 16.7. The van der Waals surface area contributed by atoms with Crippen molar-refractivity contribution in [1.82, 2.24) is 20.3 Å². The third-order valence-corrected chi connectivity index (χ3v) is 6.90. The lowest BCUT2D eigenvalue weighted by atomic mass is 10.1. The van der Waals surface area contributed by atoms with E-state index in [2.05, 4.69) is 15.4 Å². The van der Waals surface area contributed by atoms with E-state index in [9.17, 15) is 9.59 Å². The van der Waals surface area contributed by atoms with Gasteiger partial charge in [0.2, 0.25) is 5.91 Å². The van der Waals surface area contributed by atoms with Gasteiger partial charge in [-0.1, -0.05) is 17.0 Å². The van der Waals surface area contributed by atoms with Gasteiger partial charge >= 0.3 is 5.97 Å². The summed E-state index contributed by atoms with van der Waals surface area (Å²) in [4.78, 5) is 26.6. The first-order valence-corrected chi connectivity index (χ1v) is 9.87. The Balaban J connectivity index is 1.75. The molecule has 1 aromatic heterocycles. The van der Waals surface area contributed by atoms with Crippen LogP contribution in [-0.2, 0) is 14.3 Å². The van der Waals surface area contributed by atoms with Crippen LogP contribution in [-0.4, -0.2) is 61.0 Å². The summed E-state index contributed by atoms with van der Waals surface area (Å²) in [5.74, 6) is -0.0505. The average Bonchev–Trinajstić information content (AvgIpc) is 3.07. The van der Waals surface area contributed by atoms with Gasteiger partial charge in [0.05, 0.1) is 12.8 Å². The molecule has 2 aliphatic rings. The molecule has 8 nitrogen and oxygen atoms in total. The Bertz CT molecular complexity index is 636. The van der Waals surface area contributed by atoms with Gasteiger partial charge in [0.25, 0.3) is 0 Å². The number of ether oxygens (including phenoxy) is 1. The molecule has 3 N–H and O–H groups in total. The van der Waals surface area contributed by atoms with Gasteiger partial charge in [0.1, 0.15) is 22.1 Å². The van der Waals surface area contributed by atoms with Crippen LogP contribution in [0.3, 0.4) is 0 Å². The van der Waals surface area contributed by atoms with E-state index in [0.29, 0.717) is 16.5 Å². The monoisotopic (exact) mass is 373 g/mol. The number of amides is 1. The van der Waals surface area contributed by atoms with Gasteiger partial charge in [-0.25, -0.2) is 4.79 Å². The van der Waals surface area contributed by atoms with Crippen molar-refractivity contribution < 1.29 is 14.3 Å². The molecule has 1 aromatic rings. The molecule has 0 radical (unpaired) electrons. The largest absolute Gasteiger partial charge is 0.461 e. The molecule has 0 spiro atoms. The molecule has 0 aliphatic carbocycles. The number of thioether (sulfide) groups is 3. The molecule has 3 rings (SSSR count). The van der Waals surface area contributed by atoms with Crippen LogP contribution in [0.4, 0.5) is 0 Å². The highest BCUT2D eigenvalue weighted by atomic mass is 32.2. The number of hydrogen-bond acceptors (Lipinski definition) is 9. The number of nitrogens with zero attached hydrogens (tertiary/aromatic N) is 3. The number of hydrogen-bond donors (Lipinski definition) is 2. The Kier molecular flexibility index (Phi) is 5.19. The lowest BCUT2D eigenvalue weighted by molar-refractivity contribution is -0.150. The van der Waals surface area contributed by atoms with Crippen LogP contribution in [0, 0.1) is 0 Å². The van der Waals surface area contributed by atoms with Crippen molar-refractivity contribution in [2.45, 2.75) is 23.4 Å². The van der Waals surface area contributed by atoms with Crippen LogP contribution in [0.1, 0.15) is 6.92 Å². The zero-order valence-electron chi connectivity index (χ0n) is 12.2. The molecule has 0 aromatic carbocycles. The molecular weight excluding hydrogens is 358 g/mol. The predicted molar refractivity (Wildman–Crippen MR) is 89.4 cm³/mol. The smallest absolute Gasteiger partial charge is 0.355 e. The zero-order chi connectivity index (χ0) is 16.4. The van der Waals surface area contributed by atoms with E-state index in [-0.39, 0.29) is 17.9 Å². The number of rotatable bonds is 6. The molecule has 0 bridgehead atoms. The molecule has 1 unspecified atom stereocenters. The molecule has 124 valence electrons. The molecule has 2 aliphatic heterocycles. The molecule has 3 heterocycles. The van der Waals surface area contributed by atoms with Crippen LogP contribution in [0.2, 0.25) is 0 Å². The Morgan fingerprint density at radius 1 is 1.61 bits per heavy atom. The maximum absolute atomic E-state index is 12.3. The Labute approximate surface area is 145 Å². The van der Waals surface area contributed by atoms with E-state index in [1.165, 1.54) is 28.4 Å². The number of carbonyl (C=O) groups is 2. The lowest BCUT2D eigenvalue weighted by Crippen LogP contribution is -2.68. The van der Waals surface area contributed by atoms with Gasteiger partial charge in [0, 0.05) is 15.7 Å². The third kappa shape index (κ3) is 3.23. The summed E-state index contributed by atoms with van der Waals surface area (Å²) in [6, 6.07) is -0.540. The maximum Gasteiger partial charge on any atom is 0.355 e. The molecule has 0 saturated carbocycles. The maximum atomic E-state index is 12.3. The number of aromatic amines is 1. The SMILES string of the molecule is CCOC(=O)C1=C(SCSc2cnn[nH]2)CS[C@@H]2C(N)C(=O)N12. The number of carbonyl (C=O) groups excluding carboxylic acids is 2. The van der Waals surface area contributed by atoms with Crippen molar-refractivity contribution in [3.8, 4) is 0 Å². The second-order valence-corrected chi connectivity index (χ2v) is 8.21. The molecule has 1 amide bonds. The summed E-state index contributed by atoms with van der Waals surface area (Å²) < 4.78 is 5.11. The average molecular weight is 373 g/mol. The standard InChI is InChI=1S/C12H15N5O3S3/c1-2-20-12(19)9-6(22-5-23-7-3-14-16-15-7)4-21-11-8(13)10(18)17(9)11/h3,8,11H,2,4-5,13H2,1H3,(H,14,15,16)/t8?,11-/m1/s1. The van der Waals surface area contributed by atoms with Crippen molar-refractivity contribution in [2.24, 2.45) is 5.73 Å². The van der Waals surface area contributed by atoms with Gasteiger partial charge in [-0.05, 0) is 6.92 Å². The number of β-lactam (4-membered cyclic amide) rings is 1. The fourth-order valence-corrected chi connectivity index (χ4v) is 5.75. The van der Waals surface area contributed by atoms with E-state index >= 15 is 0 Å². The molecule has 11 heteroatoms. The number of nitrogens with two attached hydrogens (primary N) is 1. The van der Waals surface area contributed by atoms with E-state index in [0.717, 1.165) is 9.93 Å². The van der Waals surface area contributed by atoms with Crippen LogP contribution >= 0.6 is 35.3 Å². The van der Waals surface area contributed by atoms with Crippen molar-refractivity contribution in [1.29, 1.82) is 0 Å². The first-order valence-electron chi connectivity index (χ1n) is 6.85. The van der Waals surface area contributed by atoms with Gasteiger partial charge in [-0.15, -0.1) is 28.6 Å². The number of esters is 1. The fourth-order valence-electron chi connectivity index (χ4n) is 2.21. The van der Waals surface area contributed by atoms with Gasteiger partial charge in [-0.2, -0.15) is 0 Å². The quantitative estimate of drug-likeness (QED) is 0.320. The Hall–Kier alpha value is -1.17. The van der Waals surface area contributed by atoms with Crippen molar-refractivity contribution in [3.05, 3.63) is 16.8 Å². The second-order valence-electron chi connectivity index (χ2n) is 4.65. The first-order chi connectivity index (χ1) is 11.1. The van der Waals surface area contributed by atoms with Crippen molar-refractivity contribution >= 4 is 47.2 Å². The molecule has 1 saturated heterocycles. The van der Waals surface area contributed by atoms with Gasteiger partial charge in [-0.3, -0.25) is 14.8 Å². The van der Waals surface area contributed by atoms with Crippen molar-refractivity contribution in [3.63, 3.8) is 0 Å². The highest BCUT2D eigenvalue weighted by Crippen LogP contribution is 2.43. The summed E-state index contributed by atoms with van der Waals surface area (Å²) in [5, 5.41) is 11.5. The molecular formula is C12H15N5O3S3. The molecule has 2 atom stereocenters. The fraction of sp³-hybridized carbons (Fsp3) is 0.500. The van der Waals surface area contributed by atoms with Crippen molar-refractivity contribution in [2.75, 3.05) is 17.4 Å². The predicted octanol–water partition coefficient (Wildman–Crippen LogP) is 0.605. The minimum Gasteiger partial charge on any atom is -0.461 e. The summed E-state index contributed by atoms with van der Waals surface area (Å²) in [6.45, 7) is 2.01. The highest BCUT2D eigenvalue weighted by Gasteiger charge is 2.52. The number of H-pyrrole nitrogens is 1. The van der Waals surface area contributed by atoms with Crippen LogP contribution in [0.25, 0.3) is 0 Å². The summed E-state index contributed by atoms with van der Waals surface area (Å²) in [7, 11) is 0. The second kappa shape index (κ2) is 7.16. The minimum absolute atomic E-state index is 0.171. The topological polar surface area (TPSA) is 114 Å².